The number of nitrogens with zero attached hydrogens (tertiary/aromatic N) is 3. The number of hydrogen-bond acceptors (Lipinski definition) is 4. The third-order valence-electron chi connectivity index (χ3n) is 4.17. The fraction of sp³-hybridized carbons (Fsp3) is 0.667. The average molecular weight is 380 g/mol. The van der Waals surface area contributed by atoms with Crippen LogP contribution in [0.15, 0.2) is 12.4 Å². The van der Waals surface area contributed by atoms with Crippen LogP contribution in [0.4, 0.5) is 0 Å². The summed E-state index contributed by atoms with van der Waals surface area (Å²) >= 11 is 0. The number of carbonyl (C=O) groups excluding carboxylic acids is 2. The van der Waals surface area contributed by atoms with Gasteiger partial charge in [0.15, 0.2) is 0 Å². The number of rotatable bonds is 5. The van der Waals surface area contributed by atoms with Gasteiger partial charge in [0.2, 0.25) is 11.8 Å². The first-order valence-corrected chi connectivity index (χ1v) is 7.68. The van der Waals surface area contributed by atoms with Crippen molar-refractivity contribution in [3.05, 3.63) is 18.0 Å². The molecule has 0 saturated carbocycles. The zero-order chi connectivity index (χ0) is 16.3. The van der Waals surface area contributed by atoms with Crippen LogP contribution in [0.5, 0.6) is 0 Å². The van der Waals surface area contributed by atoms with Gasteiger partial charge in [-0.15, -0.1) is 24.8 Å². The zero-order valence-corrected chi connectivity index (χ0v) is 15.9. The second-order valence-corrected chi connectivity index (χ2v) is 6.26. The highest BCUT2D eigenvalue weighted by molar-refractivity contribution is 5.87. The second-order valence-electron chi connectivity index (χ2n) is 6.26. The fourth-order valence-corrected chi connectivity index (χ4v) is 2.60. The van der Waals surface area contributed by atoms with Crippen LogP contribution in [-0.4, -0.2) is 52.2 Å². The summed E-state index contributed by atoms with van der Waals surface area (Å²) in [5.41, 5.74) is 6.91. The minimum absolute atomic E-state index is 0. The van der Waals surface area contributed by atoms with Gasteiger partial charge in [0, 0.05) is 32.3 Å². The lowest BCUT2D eigenvalue weighted by molar-refractivity contribution is -0.132. The lowest BCUT2D eigenvalue weighted by Gasteiger charge is -2.19. The van der Waals surface area contributed by atoms with E-state index in [1.165, 1.54) is 0 Å². The van der Waals surface area contributed by atoms with Crippen molar-refractivity contribution in [2.45, 2.75) is 32.2 Å². The Morgan fingerprint density at radius 2 is 2.08 bits per heavy atom. The second kappa shape index (κ2) is 9.86. The van der Waals surface area contributed by atoms with Crippen LogP contribution in [0, 0.1) is 5.92 Å². The van der Waals surface area contributed by atoms with Crippen LogP contribution >= 0.6 is 24.8 Å². The van der Waals surface area contributed by atoms with E-state index in [0.717, 1.165) is 12.0 Å². The molecule has 2 amide bonds. The molecule has 0 aromatic carbocycles. The van der Waals surface area contributed by atoms with Crippen molar-refractivity contribution >= 4 is 36.6 Å². The molecular formula is C15H27Cl2N5O2. The first kappa shape index (κ1) is 22.7. The number of carbonyl (C=O) groups is 2. The average Bonchev–Trinajstić information content (AvgIpc) is 3.11. The molecule has 0 spiro atoms. The molecular weight excluding hydrogens is 353 g/mol. The van der Waals surface area contributed by atoms with E-state index in [9.17, 15) is 9.59 Å². The predicted octanol–water partition coefficient (Wildman–Crippen LogP) is 0.679. The third-order valence-corrected chi connectivity index (χ3v) is 4.17. The number of halogens is 2. The molecule has 0 aliphatic carbocycles. The standard InChI is InChI=1S/C15H25N5O2.2ClH/c1-10(2)14(16)15(22)17-7-13(21)20-5-4-11(9-20)12-6-18-19(3)8-12;;/h6,8,10-11,14H,4-5,7,9,16H2,1-3H3,(H,17,22);2*1H/t11?,14-;;/m0../s1. The molecule has 2 heterocycles. The highest BCUT2D eigenvalue weighted by Gasteiger charge is 2.28. The molecule has 24 heavy (non-hydrogen) atoms. The Morgan fingerprint density at radius 1 is 1.42 bits per heavy atom. The molecule has 138 valence electrons. The van der Waals surface area contributed by atoms with Crippen molar-refractivity contribution in [1.29, 1.82) is 0 Å². The van der Waals surface area contributed by atoms with E-state index in [1.54, 1.807) is 9.58 Å². The Balaban J connectivity index is 0.00000264. The van der Waals surface area contributed by atoms with Gasteiger partial charge in [-0.05, 0) is 17.9 Å². The molecule has 0 bridgehead atoms. The van der Waals surface area contributed by atoms with Crippen molar-refractivity contribution < 1.29 is 9.59 Å². The molecule has 9 heteroatoms. The van der Waals surface area contributed by atoms with Gasteiger partial charge in [-0.3, -0.25) is 14.3 Å². The zero-order valence-electron chi connectivity index (χ0n) is 14.3. The number of likely N-dealkylation sites (tertiary alicyclic amines) is 1. The smallest absolute Gasteiger partial charge is 0.241 e. The summed E-state index contributed by atoms with van der Waals surface area (Å²) in [6, 6.07) is -0.575. The van der Waals surface area contributed by atoms with E-state index in [4.69, 9.17) is 5.73 Å². The number of nitrogens with two attached hydrogens (primary N) is 1. The van der Waals surface area contributed by atoms with Crippen molar-refractivity contribution in [3.8, 4) is 0 Å². The monoisotopic (exact) mass is 379 g/mol. The lowest BCUT2D eigenvalue weighted by Crippen LogP contribution is -2.47. The summed E-state index contributed by atoms with van der Waals surface area (Å²) in [6.45, 7) is 5.16. The van der Waals surface area contributed by atoms with Crippen molar-refractivity contribution in [1.82, 2.24) is 20.0 Å². The van der Waals surface area contributed by atoms with Crippen LogP contribution in [-0.2, 0) is 16.6 Å². The SMILES string of the molecule is CC(C)[C@H](N)C(=O)NCC(=O)N1CCC(c2cnn(C)c2)C1.Cl.Cl. The summed E-state index contributed by atoms with van der Waals surface area (Å²) in [4.78, 5) is 25.7. The van der Waals surface area contributed by atoms with Gasteiger partial charge in [-0.25, -0.2) is 0 Å². The minimum atomic E-state index is -0.575. The Bertz CT molecular complexity index is 550. The molecule has 1 unspecified atom stereocenters. The maximum Gasteiger partial charge on any atom is 0.241 e. The van der Waals surface area contributed by atoms with Gasteiger partial charge in [0.05, 0.1) is 18.8 Å². The van der Waals surface area contributed by atoms with E-state index in [0.29, 0.717) is 19.0 Å². The summed E-state index contributed by atoms with van der Waals surface area (Å²) in [5.74, 6) is 0.0465. The summed E-state index contributed by atoms with van der Waals surface area (Å²) in [6.07, 6.45) is 4.76. The van der Waals surface area contributed by atoms with E-state index in [1.807, 2.05) is 33.3 Å². The largest absolute Gasteiger partial charge is 0.346 e. The molecule has 1 saturated heterocycles. The molecule has 1 fully saturated rings. The van der Waals surface area contributed by atoms with E-state index >= 15 is 0 Å². The van der Waals surface area contributed by atoms with Crippen molar-refractivity contribution in [2.75, 3.05) is 19.6 Å². The van der Waals surface area contributed by atoms with Gasteiger partial charge < -0.3 is 16.0 Å². The molecule has 3 N–H and O–H groups in total. The van der Waals surface area contributed by atoms with Gasteiger partial charge in [0.25, 0.3) is 0 Å². The molecule has 1 aliphatic heterocycles. The summed E-state index contributed by atoms with van der Waals surface area (Å²) in [7, 11) is 1.88. The molecule has 2 atom stereocenters. The Kier molecular flexibility index (Phi) is 9.32. The molecule has 7 nitrogen and oxygen atoms in total. The number of aromatic nitrogens is 2. The summed E-state index contributed by atoms with van der Waals surface area (Å²) < 4.78 is 1.77. The van der Waals surface area contributed by atoms with Crippen molar-refractivity contribution in [3.63, 3.8) is 0 Å². The topological polar surface area (TPSA) is 93.2 Å². The Morgan fingerprint density at radius 3 is 2.62 bits per heavy atom. The van der Waals surface area contributed by atoms with Gasteiger partial charge in [-0.2, -0.15) is 5.10 Å². The Hall–Kier alpha value is -1.31. The highest BCUT2D eigenvalue weighted by Crippen LogP contribution is 2.26. The van der Waals surface area contributed by atoms with Gasteiger partial charge in [0.1, 0.15) is 0 Å². The number of hydrogen-bond donors (Lipinski definition) is 2. The first-order chi connectivity index (χ1) is 10.4. The van der Waals surface area contributed by atoms with E-state index < -0.39 is 6.04 Å². The quantitative estimate of drug-likeness (QED) is 0.786. The molecule has 0 radical (unpaired) electrons. The van der Waals surface area contributed by atoms with Gasteiger partial charge >= 0.3 is 0 Å². The predicted molar refractivity (Wildman–Crippen MR) is 97.5 cm³/mol. The first-order valence-electron chi connectivity index (χ1n) is 7.68. The van der Waals surface area contributed by atoms with Crippen LogP contribution in [0.3, 0.4) is 0 Å². The molecule has 2 rings (SSSR count). The maximum absolute atomic E-state index is 12.2. The molecule has 1 aliphatic rings. The minimum Gasteiger partial charge on any atom is -0.346 e. The number of nitrogens with one attached hydrogen (secondary N) is 1. The lowest BCUT2D eigenvalue weighted by atomic mass is 10.0. The summed E-state index contributed by atoms with van der Waals surface area (Å²) in [5, 5.41) is 6.80. The van der Waals surface area contributed by atoms with Crippen LogP contribution in [0.25, 0.3) is 0 Å². The molecule has 1 aromatic rings. The van der Waals surface area contributed by atoms with Crippen LogP contribution < -0.4 is 11.1 Å². The van der Waals surface area contributed by atoms with Crippen LogP contribution in [0.1, 0.15) is 31.7 Å². The van der Waals surface area contributed by atoms with E-state index in [2.05, 4.69) is 10.4 Å². The maximum atomic E-state index is 12.2. The number of amides is 2. The number of aryl methyl sites for hydroxylation is 1. The fourth-order valence-electron chi connectivity index (χ4n) is 2.60. The molecule has 1 aromatic heterocycles. The van der Waals surface area contributed by atoms with E-state index in [-0.39, 0.29) is 49.1 Å². The van der Waals surface area contributed by atoms with Gasteiger partial charge in [-0.1, -0.05) is 13.8 Å². The highest BCUT2D eigenvalue weighted by atomic mass is 35.5. The Labute approximate surface area is 155 Å². The van der Waals surface area contributed by atoms with Crippen LogP contribution in [0.2, 0.25) is 0 Å². The van der Waals surface area contributed by atoms with Crippen molar-refractivity contribution in [2.24, 2.45) is 18.7 Å². The normalized spacial score (nSPS) is 17.9. The third kappa shape index (κ3) is 5.65.